The molecule has 142 valence electrons. The van der Waals surface area contributed by atoms with Crippen LogP contribution in [-0.2, 0) is 16.4 Å². The molecule has 0 spiro atoms. The van der Waals surface area contributed by atoms with E-state index in [1.807, 2.05) is 18.2 Å². The first kappa shape index (κ1) is 18.7. The first-order chi connectivity index (χ1) is 12.9. The first-order valence-corrected chi connectivity index (χ1v) is 11.8. The van der Waals surface area contributed by atoms with Crippen molar-refractivity contribution in [2.24, 2.45) is 0 Å². The number of sulfone groups is 1. The van der Waals surface area contributed by atoms with E-state index in [1.165, 1.54) is 11.8 Å². The van der Waals surface area contributed by atoms with Gasteiger partial charge in [-0.25, -0.2) is 13.4 Å². The second kappa shape index (κ2) is 7.39. The van der Waals surface area contributed by atoms with Gasteiger partial charge in [-0.2, -0.15) is 0 Å². The van der Waals surface area contributed by atoms with Gasteiger partial charge < -0.3 is 4.90 Å². The second-order valence-electron chi connectivity index (χ2n) is 6.76. The minimum absolute atomic E-state index is 0.309. The van der Waals surface area contributed by atoms with E-state index in [-0.39, 0.29) is 0 Å². The molecule has 5 nitrogen and oxygen atoms in total. The molecule has 1 saturated heterocycles. The summed E-state index contributed by atoms with van der Waals surface area (Å²) in [5.41, 5.74) is 1.84. The van der Waals surface area contributed by atoms with Gasteiger partial charge in [0.25, 0.3) is 0 Å². The minimum atomic E-state index is -3.29. The van der Waals surface area contributed by atoms with Crippen molar-refractivity contribution in [3.8, 4) is 0 Å². The molecule has 0 amide bonds. The Hall–Kier alpha value is -1.67. The molecule has 2 aromatic carbocycles. The molecule has 0 radical (unpaired) electrons. The lowest BCUT2D eigenvalue weighted by atomic mass is 10.2. The monoisotopic (exact) mass is 421 g/mol. The highest BCUT2D eigenvalue weighted by atomic mass is 35.5. The Labute approximate surface area is 168 Å². The van der Waals surface area contributed by atoms with Crippen LogP contribution in [0.25, 0.3) is 10.2 Å². The highest BCUT2D eigenvalue weighted by Crippen LogP contribution is 2.33. The fraction of sp³-hybridized carbons (Fsp3) is 0.316. The zero-order chi connectivity index (χ0) is 19.0. The van der Waals surface area contributed by atoms with Gasteiger partial charge in [0.1, 0.15) is 5.52 Å². The molecule has 2 heterocycles. The third-order valence-electron chi connectivity index (χ3n) is 4.73. The Morgan fingerprint density at radius 1 is 1.07 bits per heavy atom. The average Bonchev–Trinajstić information content (AvgIpc) is 3.07. The third kappa shape index (κ3) is 4.11. The van der Waals surface area contributed by atoms with Crippen LogP contribution in [0.2, 0.25) is 5.02 Å². The molecule has 0 bridgehead atoms. The molecule has 1 aliphatic rings. The summed E-state index contributed by atoms with van der Waals surface area (Å²) in [5.74, 6) is 0. The summed E-state index contributed by atoms with van der Waals surface area (Å²) in [5, 5.41) is 1.65. The number of benzene rings is 2. The van der Waals surface area contributed by atoms with Crippen molar-refractivity contribution >= 4 is 48.1 Å². The predicted molar refractivity (Wildman–Crippen MR) is 112 cm³/mol. The van der Waals surface area contributed by atoms with Gasteiger partial charge in [0.05, 0.1) is 9.60 Å². The quantitative estimate of drug-likeness (QED) is 0.643. The molecule has 8 heteroatoms. The fourth-order valence-electron chi connectivity index (χ4n) is 3.29. The Morgan fingerprint density at radius 3 is 2.44 bits per heavy atom. The van der Waals surface area contributed by atoms with Crippen molar-refractivity contribution in [1.82, 2.24) is 9.88 Å². The number of para-hydroxylation sites is 1. The van der Waals surface area contributed by atoms with E-state index in [0.29, 0.717) is 10.4 Å². The van der Waals surface area contributed by atoms with Gasteiger partial charge in [-0.05, 0) is 29.8 Å². The van der Waals surface area contributed by atoms with Crippen molar-refractivity contribution in [2.45, 2.75) is 11.4 Å². The van der Waals surface area contributed by atoms with Crippen molar-refractivity contribution < 1.29 is 8.42 Å². The van der Waals surface area contributed by atoms with Gasteiger partial charge in [-0.1, -0.05) is 41.1 Å². The van der Waals surface area contributed by atoms with Crippen molar-refractivity contribution in [2.75, 3.05) is 37.3 Å². The maximum absolute atomic E-state index is 12.0. The minimum Gasteiger partial charge on any atom is -0.345 e. The molecule has 0 unspecified atom stereocenters. The van der Waals surface area contributed by atoms with Crippen LogP contribution in [-0.4, -0.2) is 50.7 Å². The summed E-state index contributed by atoms with van der Waals surface area (Å²) in [6, 6.07) is 13.3. The summed E-state index contributed by atoms with van der Waals surface area (Å²) in [7, 11) is -3.29. The molecule has 1 fully saturated rings. The zero-order valence-electron chi connectivity index (χ0n) is 14.9. The van der Waals surface area contributed by atoms with Crippen LogP contribution in [0.5, 0.6) is 0 Å². The number of piperazine rings is 1. The van der Waals surface area contributed by atoms with Crippen LogP contribution in [0, 0.1) is 0 Å². The average molecular weight is 422 g/mol. The summed E-state index contributed by atoms with van der Waals surface area (Å²) >= 11 is 7.51. The summed E-state index contributed by atoms with van der Waals surface area (Å²) < 4.78 is 24.9. The molecule has 3 aromatic rings. The lowest BCUT2D eigenvalue weighted by Gasteiger charge is -2.34. The van der Waals surface area contributed by atoms with Crippen LogP contribution in [0.1, 0.15) is 5.56 Å². The second-order valence-corrected chi connectivity index (χ2v) is 10.2. The number of hydrogen-bond donors (Lipinski definition) is 0. The molecule has 4 rings (SSSR count). The van der Waals surface area contributed by atoms with Gasteiger partial charge in [-0.3, -0.25) is 4.90 Å². The standard InChI is InChI=1S/C19H20ClN3O2S2/c1-27(24,25)17-4-2-3-16-18(17)21-19(26-16)23-11-9-22(10-12-23)13-14-5-7-15(20)8-6-14/h2-8H,9-13H2,1H3. The molecule has 0 atom stereocenters. The summed E-state index contributed by atoms with van der Waals surface area (Å²) in [6.07, 6.45) is 1.23. The van der Waals surface area contributed by atoms with Gasteiger partial charge in [0.15, 0.2) is 15.0 Å². The third-order valence-corrected chi connectivity index (χ3v) is 7.19. The van der Waals surface area contributed by atoms with E-state index >= 15 is 0 Å². The number of halogens is 1. The lowest BCUT2D eigenvalue weighted by molar-refractivity contribution is 0.250. The number of nitrogens with zero attached hydrogens (tertiary/aromatic N) is 3. The first-order valence-electron chi connectivity index (χ1n) is 8.71. The van der Waals surface area contributed by atoms with Gasteiger partial charge in [0.2, 0.25) is 0 Å². The Bertz CT molecular complexity index is 1060. The number of thiazole rings is 1. The molecular weight excluding hydrogens is 402 g/mol. The van der Waals surface area contributed by atoms with E-state index in [0.717, 1.165) is 47.6 Å². The highest BCUT2D eigenvalue weighted by Gasteiger charge is 2.22. The van der Waals surface area contributed by atoms with E-state index in [4.69, 9.17) is 11.6 Å². The summed E-state index contributed by atoms with van der Waals surface area (Å²) in [6.45, 7) is 4.54. The van der Waals surface area contributed by atoms with Crippen molar-refractivity contribution in [1.29, 1.82) is 0 Å². The smallest absolute Gasteiger partial charge is 0.186 e. The van der Waals surface area contributed by atoms with Crippen molar-refractivity contribution in [3.63, 3.8) is 0 Å². The zero-order valence-corrected chi connectivity index (χ0v) is 17.3. The number of anilines is 1. The van der Waals surface area contributed by atoms with Crippen LogP contribution in [0.4, 0.5) is 5.13 Å². The Morgan fingerprint density at radius 2 is 1.78 bits per heavy atom. The van der Waals surface area contributed by atoms with E-state index < -0.39 is 9.84 Å². The fourth-order valence-corrected chi connectivity index (χ4v) is 5.36. The van der Waals surface area contributed by atoms with E-state index in [9.17, 15) is 8.42 Å². The normalized spacial score (nSPS) is 16.1. The molecule has 27 heavy (non-hydrogen) atoms. The highest BCUT2D eigenvalue weighted by molar-refractivity contribution is 7.91. The summed E-state index contributed by atoms with van der Waals surface area (Å²) in [4.78, 5) is 9.62. The van der Waals surface area contributed by atoms with E-state index in [1.54, 1.807) is 23.5 Å². The largest absolute Gasteiger partial charge is 0.345 e. The van der Waals surface area contributed by atoms with Gasteiger partial charge in [-0.15, -0.1) is 0 Å². The SMILES string of the molecule is CS(=O)(=O)c1cccc2sc(N3CCN(Cc4ccc(Cl)cc4)CC3)nc12. The topological polar surface area (TPSA) is 53.5 Å². The maximum atomic E-state index is 12.0. The Kier molecular flexibility index (Phi) is 5.11. The molecule has 0 aliphatic carbocycles. The lowest BCUT2D eigenvalue weighted by Crippen LogP contribution is -2.45. The molecule has 1 aromatic heterocycles. The van der Waals surface area contributed by atoms with Crippen LogP contribution < -0.4 is 4.90 Å². The maximum Gasteiger partial charge on any atom is 0.186 e. The molecular formula is C19H20ClN3O2S2. The van der Waals surface area contributed by atoms with Gasteiger partial charge >= 0.3 is 0 Å². The van der Waals surface area contributed by atoms with Crippen LogP contribution in [0.3, 0.4) is 0 Å². The van der Waals surface area contributed by atoms with Gasteiger partial charge in [0, 0.05) is 44.0 Å². The number of fused-ring (bicyclic) bond motifs is 1. The number of aromatic nitrogens is 1. The number of hydrogen-bond acceptors (Lipinski definition) is 6. The number of rotatable bonds is 4. The molecule has 0 saturated carbocycles. The van der Waals surface area contributed by atoms with Crippen LogP contribution >= 0.6 is 22.9 Å². The molecule has 1 aliphatic heterocycles. The molecule has 0 N–H and O–H groups in total. The van der Waals surface area contributed by atoms with Crippen LogP contribution in [0.15, 0.2) is 47.4 Å². The van der Waals surface area contributed by atoms with Crippen molar-refractivity contribution in [3.05, 3.63) is 53.1 Å². The predicted octanol–water partition coefficient (Wildman–Crippen LogP) is 3.68. The Balaban J connectivity index is 1.47. The van der Waals surface area contributed by atoms with E-state index in [2.05, 4.69) is 26.9 Å².